The molecule has 2 atom stereocenters. The number of thioether (sulfide) groups is 1. The van der Waals surface area contributed by atoms with E-state index in [1.54, 1.807) is 6.92 Å². The van der Waals surface area contributed by atoms with Gasteiger partial charge in [-0.3, -0.25) is 43.3 Å². The van der Waals surface area contributed by atoms with Crippen LogP contribution in [-0.2, 0) is 47.8 Å². The summed E-state index contributed by atoms with van der Waals surface area (Å²) in [6.07, 6.45) is 0.624. The highest BCUT2D eigenvalue weighted by Gasteiger charge is 2.58. The summed E-state index contributed by atoms with van der Waals surface area (Å²) in [5.74, 6) is -2.62. The van der Waals surface area contributed by atoms with E-state index in [2.05, 4.69) is 10.6 Å². The molecule has 0 bridgehead atoms. The minimum absolute atomic E-state index is 0.000421. The molecule has 14 nitrogen and oxygen atoms in total. The Labute approximate surface area is 255 Å². The second kappa shape index (κ2) is 18.3. The number of nitrogens with two attached hydrogens (primary N) is 1. The maximum atomic E-state index is 12.6. The number of carbonyl (C=O) groups excluding carboxylic acids is 8. The summed E-state index contributed by atoms with van der Waals surface area (Å²) >= 11 is 1.20. The molecule has 2 aliphatic heterocycles. The van der Waals surface area contributed by atoms with Crippen LogP contribution in [0, 0.1) is 5.92 Å². The highest BCUT2D eigenvalue weighted by atomic mass is 33.2. The van der Waals surface area contributed by atoms with E-state index in [1.807, 2.05) is 0 Å². The third-order valence-electron chi connectivity index (χ3n) is 6.26. The molecule has 0 aromatic rings. The van der Waals surface area contributed by atoms with Crippen LogP contribution >= 0.6 is 33.3 Å². The molecule has 2 saturated heterocycles. The van der Waals surface area contributed by atoms with Crippen LogP contribution < -0.4 is 16.4 Å². The monoisotopic (exact) mass is 648 g/mol. The lowest BCUT2D eigenvalue weighted by molar-refractivity contribution is -0.139. The van der Waals surface area contributed by atoms with Crippen molar-refractivity contribution in [1.82, 2.24) is 15.5 Å². The van der Waals surface area contributed by atoms with E-state index in [4.69, 9.17) is 15.2 Å². The summed E-state index contributed by atoms with van der Waals surface area (Å²) in [7, 11) is 2.29. The van der Waals surface area contributed by atoms with Crippen LogP contribution in [0.2, 0.25) is 0 Å². The molecular weight excluding hydrogens is 612 g/mol. The second-order valence-corrected chi connectivity index (χ2v) is 13.6. The van der Waals surface area contributed by atoms with Gasteiger partial charge in [0, 0.05) is 56.9 Å². The van der Waals surface area contributed by atoms with E-state index in [1.165, 1.54) is 11.8 Å². The molecule has 0 aromatic carbocycles. The van der Waals surface area contributed by atoms with Crippen LogP contribution in [0.4, 0.5) is 0 Å². The quantitative estimate of drug-likeness (QED) is 0.0294. The SMILES string of the molecule is C[C@@H](CC(=O)CCSC1CC(=O)N(CCC(=O)NCCOCCOCCC(=O)C2(C(N)=O)SS2)C1=O)C(=O)CNC=O. The zero-order valence-electron chi connectivity index (χ0n) is 23.3. The molecule has 2 fully saturated rings. The number of hydrogen-bond donors (Lipinski definition) is 3. The Morgan fingerprint density at radius 1 is 1.10 bits per heavy atom. The predicted octanol–water partition coefficient (Wildman–Crippen LogP) is -0.777. The number of amides is 5. The van der Waals surface area contributed by atoms with Crippen molar-refractivity contribution in [2.75, 3.05) is 51.8 Å². The topological polar surface area (TPSA) is 208 Å². The smallest absolute Gasteiger partial charge is 0.253 e. The van der Waals surface area contributed by atoms with Gasteiger partial charge in [0.25, 0.3) is 5.91 Å². The molecule has 5 amide bonds. The largest absolute Gasteiger partial charge is 0.379 e. The lowest BCUT2D eigenvalue weighted by atomic mass is 9.99. The fourth-order valence-corrected chi connectivity index (χ4v) is 6.88. The van der Waals surface area contributed by atoms with Crippen LogP contribution in [0.25, 0.3) is 0 Å². The molecule has 2 rings (SSSR count). The van der Waals surface area contributed by atoms with Crippen molar-refractivity contribution in [3.8, 4) is 0 Å². The van der Waals surface area contributed by atoms with Crippen molar-refractivity contribution in [3.63, 3.8) is 0 Å². The van der Waals surface area contributed by atoms with Crippen molar-refractivity contribution in [2.45, 2.75) is 48.4 Å². The van der Waals surface area contributed by atoms with Gasteiger partial charge < -0.3 is 25.8 Å². The van der Waals surface area contributed by atoms with Gasteiger partial charge in [0.1, 0.15) is 5.78 Å². The van der Waals surface area contributed by atoms with Gasteiger partial charge >= 0.3 is 0 Å². The minimum Gasteiger partial charge on any atom is -0.379 e. The lowest BCUT2D eigenvalue weighted by Gasteiger charge is -2.15. The summed E-state index contributed by atoms with van der Waals surface area (Å²) in [4.78, 5) is 95.6. The molecular formula is C25H36N4O10S3. The number of Topliss-reactive ketones (excluding diaryl/α,β-unsaturated/α-hetero) is 3. The number of likely N-dealkylation sites (tertiary alicyclic amines) is 1. The summed E-state index contributed by atoms with van der Waals surface area (Å²) in [5, 5.41) is 4.30. The number of hydrogen-bond acceptors (Lipinski definition) is 13. The van der Waals surface area contributed by atoms with Crippen LogP contribution in [-0.4, -0.2) is 113 Å². The Morgan fingerprint density at radius 3 is 2.43 bits per heavy atom. The Hall–Kier alpha value is -2.47. The molecule has 0 spiro atoms. The first-order chi connectivity index (χ1) is 20.0. The van der Waals surface area contributed by atoms with Crippen molar-refractivity contribution in [2.24, 2.45) is 11.7 Å². The summed E-state index contributed by atoms with van der Waals surface area (Å²) in [6, 6.07) is 0. The van der Waals surface area contributed by atoms with Gasteiger partial charge in [-0.25, -0.2) is 0 Å². The molecule has 4 N–H and O–H groups in total. The van der Waals surface area contributed by atoms with Crippen LogP contribution in [0.1, 0.15) is 39.0 Å². The van der Waals surface area contributed by atoms with Gasteiger partial charge in [-0.15, -0.1) is 11.8 Å². The Kier molecular flexibility index (Phi) is 15.5. The lowest BCUT2D eigenvalue weighted by Crippen LogP contribution is -2.36. The summed E-state index contributed by atoms with van der Waals surface area (Å²) in [5.41, 5.74) is 5.22. The normalized spacial score (nSPS) is 17.9. The number of primary amides is 1. The van der Waals surface area contributed by atoms with E-state index in [0.717, 1.165) is 26.5 Å². The van der Waals surface area contributed by atoms with Crippen LogP contribution in [0.5, 0.6) is 0 Å². The predicted molar refractivity (Wildman–Crippen MR) is 156 cm³/mol. The number of imide groups is 1. The third kappa shape index (κ3) is 11.7. The van der Waals surface area contributed by atoms with Gasteiger partial charge in [0.05, 0.1) is 38.2 Å². The molecule has 1 unspecified atom stereocenters. The number of nitrogens with zero attached hydrogens (tertiary/aromatic N) is 1. The van der Waals surface area contributed by atoms with E-state index < -0.39 is 27.1 Å². The maximum absolute atomic E-state index is 12.6. The summed E-state index contributed by atoms with van der Waals surface area (Å²) < 4.78 is 9.51. The number of ether oxygens (including phenoxy) is 2. The summed E-state index contributed by atoms with van der Waals surface area (Å²) in [6.45, 7) is 2.49. The molecule has 2 aliphatic rings. The first-order valence-electron chi connectivity index (χ1n) is 13.3. The Balaban J connectivity index is 1.51. The molecule has 0 aliphatic carbocycles. The Bertz CT molecular complexity index is 1040. The number of ketones is 3. The number of carbonyl (C=O) groups is 8. The zero-order chi connectivity index (χ0) is 31.1. The number of rotatable bonds is 24. The molecule has 0 aromatic heterocycles. The van der Waals surface area contributed by atoms with E-state index in [0.29, 0.717) is 12.2 Å². The van der Waals surface area contributed by atoms with E-state index in [9.17, 15) is 38.4 Å². The van der Waals surface area contributed by atoms with Gasteiger partial charge in [-0.1, -0.05) is 28.5 Å². The highest BCUT2D eigenvalue weighted by molar-refractivity contribution is 8.94. The van der Waals surface area contributed by atoms with E-state index in [-0.39, 0.29) is 107 Å². The maximum Gasteiger partial charge on any atom is 0.253 e. The van der Waals surface area contributed by atoms with Crippen molar-refractivity contribution in [1.29, 1.82) is 0 Å². The number of nitrogens with one attached hydrogen (secondary N) is 2. The molecule has 234 valence electrons. The average Bonchev–Trinajstić information content (AvgIpc) is 3.72. The average molecular weight is 649 g/mol. The molecule has 0 radical (unpaired) electrons. The van der Waals surface area contributed by atoms with Gasteiger partial charge in [0.2, 0.25) is 28.2 Å². The molecule has 0 saturated carbocycles. The first-order valence-corrected chi connectivity index (χ1v) is 16.5. The minimum atomic E-state index is -1.16. The molecule has 2 heterocycles. The van der Waals surface area contributed by atoms with Gasteiger partial charge in [-0.2, -0.15) is 0 Å². The van der Waals surface area contributed by atoms with Crippen molar-refractivity contribution in [3.05, 3.63) is 0 Å². The zero-order valence-corrected chi connectivity index (χ0v) is 25.7. The second-order valence-electron chi connectivity index (χ2n) is 9.45. The standard InChI is InChI=1S/C25H36N4O10S3/c1-16(18(32)14-27-15-30)12-17(31)4-11-40-19-13-22(35)29(23(19)36)6-2-21(34)28-5-8-39-10-9-38-7-3-20(33)25(24(26)37)41-42-25/h15-16,19H,2-14H2,1H3,(H2,26,37)(H,27,30)(H,28,34)/t16-,19?/m0/s1. The first kappa shape index (κ1) is 35.7. The highest BCUT2D eigenvalue weighted by Crippen LogP contribution is 2.65. The van der Waals surface area contributed by atoms with Crippen LogP contribution in [0.3, 0.4) is 0 Å². The molecule has 17 heteroatoms. The van der Waals surface area contributed by atoms with E-state index >= 15 is 0 Å². The van der Waals surface area contributed by atoms with Gasteiger partial charge in [-0.05, 0) is 0 Å². The molecule has 42 heavy (non-hydrogen) atoms. The van der Waals surface area contributed by atoms with Crippen molar-refractivity contribution >= 4 is 80.7 Å². The fourth-order valence-electron chi connectivity index (χ4n) is 3.78. The third-order valence-corrected chi connectivity index (χ3v) is 10.3. The van der Waals surface area contributed by atoms with Crippen molar-refractivity contribution < 1.29 is 47.8 Å². The fraction of sp³-hybridized carbons (Fsp3) is 0.680. The Morgan fingerprint density at radius 2 is 1.79 bits per heavy atom. The van der Waals surface area contributed by atoms with Gasteiger partial charge in [0.15, 0.2) is 11.6 Å². The van der Waals surface area contributed by atoms with Crippen LogP contribution in [0.15, 0.2) is 0 Å².